The lowest BCUT2D eigenvalue weighted by Crippen LogP contribution is -2.47. The molecule has 5 rings (SSSR count). The number of anilines is 1. The molecule has 6 heteroatoms. The van der Waals surface area contributed by atoms with E-state index in [1.165, 1.54) is 5.56 Å². The molecular formula is C24H29N3O3. The maximum absolute atomic E-state index is 13.1. The highest BCUT2D eigenvalue weighted by Gasteiger charge is 2.47. The first kappa shape index (κ1) is 19.2. The second-order valence-electron chi connectivity index (χ2n) is 8.94. The molecule has 3 aliphatic heterocycles. The zero-order chi connectivity index (χ0) is 20.9. The van der Waals surface area contributed by atoms with E-state index < -0.39 is 0 Å². The molecule has 158 valence electrons. The van der Waals surface area contributed by atoms with E-state index in [9.17, 15) is 4.79 Å². The highest BCUT2D eigenvalue weighted by atomic mass is 16.5. The molecule has 30 heavy (non-hydrogen) atoms. The van der Waals surface area contributed by atoms with E-state index in [0.717, 1.165) is 54.5 Å². The van der Waals surface area contributed by atoms with Crippen LogP contribution in [0.3, 0.4) is 0 Å². The monoisotopic (exact) mass is 407 g/mol. The average molecular weight is 408 g/mol. The maximum atomic E-state index is 13.1. The number of ether oxygens (including phenoxy) is 2. The number of hydrogen-bond acceptors (Lipinski definition) is 5. The van der Waals surface area contributed by atoms with Crippen LogP contribution in [0.5, 0.6) is 11.5 Å². The third-order valence-electron chi connectivity index (χ3n) is 6.98. The number of methoxy groups -OCH3 is 1. The summed E-state index contributed by atoms with van der Waals surface area (Å²) in [7, 11) is 1.70. The number of fused-ring (bicyclic) bond motifs is 4. The van der Waals surface area contributed by atoms with Gasteiger partial charge in [-0.05, 0) is 35.9 Å². The minimum atomic E-state index is -0.163. The van der Waals surface area contributed by atoms with Crippen LogP contribution in [0.15, 0.2) is 36.4 Å². The van der Waals surface area contributed by atoms with Crippen LogP contribution in [-0.4, -0.2) is 50.7 Å². The molecule has 1 amide bonds. The van der Waals surface area contributed by atoms with Gasteiger partial charge in [0.1, 0.15) is 11.5 Å². The van der Waals surface area contributed by atoms with Gasteiger partial charge in [0, 0.05) is 48.8 Å². The van der Waals surface area contributed by atoms with Gasteiger partial charge in [0.05, 0.1) is 25.3 Å². The number of piperazine rings is 1. The van der Waals surface area contributed by atoms with Crippen molar-refractivity contribution >= 4 is 11.6 Å². The van der Waals surface area contributed by atoms with Gasteiger partial charge >= 0.3 is 0 Å². The molecule has 1 saturated heterocycles. The van der Waals surface area contributed by atoms with E-state index in [0.29, 0.717) is 6.61 Å². The highest BCUT2D eigenvalue weighted by Crippen LogP contribution is 2.54. The number of hydrogen-bond donors (Lipinski definition) is 2. The number of carbonyl (C=O) groups excluding carboxylic acids is 1. The van der Waals surface area contributed by atoms with Crippen molar-refractivity contribution in [3.8, 4) is 11.5 Å². The molecule has 2 aromatic rings. The molecule has 0 unspecified atom stereocenters. The van der Waals surface area contributed by atoms with E-state index in [2.05, 4.69) is 36.6 Å². The van der Waals surface area contributed by atoms with Gasteiger partial charge in [-0.2, -0.15) is 0 Å². The van der Waals surface area contributed by atoms with E-state index in [1.54, 1.807) is 7.11 Å². The summed E-state index contributed by atoms with van der Waals surface area (Å²) >= 11 is 0. The van der Waals surface area contributed by atoms with Gasteiger partial charge in [-0.3, -0.25) is 4.79 Å². The largest absolute Gasteiger partial charge is 0.496 e. The Balaban J connectivity index is 1.53. The lowest BCUT2D eigenvalue weighted by atomic mass is 9.65. The Morgan fingerprint density at radius 3 is 2.77 bits per heavy atom. The zero-order valence-corrected chi connectivity index (χ0v) is 17.8. The van der Waals surface area contributed by atoms with Crippen LogP contribution < -0.4 is 20.1 Å². The van der Waals surface area contributed by atoms with Crippen LogP contribution in [0, 0.1) is 5.92 Å². The van der Waals surface area contributed by atoms with E-state index in [1.807, 2.05) is 29.2 Å². The number of benzene rings is 2. The lowest BCUT2D eigenvalue weighted by molar-refractivity contribution is 0.0735. The van der Waals surface area contributed by atoms with Crippen LogP contribution in [0.4, 0.5) is 5.69 Å². The predicted molar refractivity (Wildman–Crippen MR) is 117 cm³/mol. The quantitative estimate of drug-likeness (QED) is 0.801. The SMILES string of the molecule is COc1cccc2c1[C@H]1Nc3ccc(C(=O)N4CCNCC4)cc3C(C)(C)[C@@H]1CO2. The average Bonchev–Trinajstić information content (AvgIpc) is 2.78. The van der Waals surface area contributed by atoms with Crippen molar-refractivity contribution in [2.45, 2.75) is 25.3 Å². The summed E-state index contributed by atoms with van der Waals surface area (Å²) in [4.78, 5) is 15.0. The normalized spacial score (nSPS) is 23.9. The highest BCUT2D eigenvalue weighted by molar-refractivity contribution is 5.95. The number of carbonyl (C=O) groups is 1. The summed E-state index contributed by atoms with van der Waals surface area (Å²) in [5.74, 6) is 2.06. The van der Waals surface area contributed by atoms with Crippen molar-refractivity contribution in [1.29, 1.82) is 0 Å². The molecule has 0 aliphatic carbocycles. The summed E-state index contributed by atoms with van der Waals surface area (Å²) in [6.45, 7) is 8.36. The van der Waals surface area contributed by atoms with Crippen LogP contribution >= 0.6 is 0 Å². The standard InChI is InChI=1S/C24H29N3O3/c1-24(2)16-13-15(23(28)27-11-9-25-10-12-27)7-8-18(16)26-22-17(24)14-30-20-6-4-5-19(29-3)21(20)22/h4-8,13,17,22,25-26H,9-12,14H2,1-3H3/t17-,22+/m1/s1. The number of rotatable bonds is 2. The third-order valence-corrected chi connectivity index (χ3v) is 6.98. The fourth-order valence-electron chi connectivity index (χ4n) is 5.16. The Bertz CT molecular complexity index is 967. The first-order valence-electron chi connectivity index (χ1n) is 10.7. The summed E-state index contributed by atoms with van der Waals surface area (Å²) < 4.78 is 11.8. The molecule has 2 aromatic carbocycles. The van der Waals surface area contributed by atoms with Gasteiger partial charge in [-0.25, -0.2) is 0 Å². The summed E-state index contributed by atoms with van der Waals surface area (Å²) in [5.41, 5.74) is 3.93. The Morgan fingerprint density at radius 1 is 1.20 bits per heavy atom. The first-order valence-corrected chi connectivity index (χ1v) is 10.7. The number of amides is 1. The van der Waals surface area contributed by atoms with Gasteiger partial charge in [0.15, 0.2) is 0 Å². The van der Waals surface area contributed by atoms with Crippen molar-refractivity contribution in [3.63, 3.8) is 0 Å². The van der Waals surface area contributed by atoms with Gasteiger partial charge in [-0.1, -0.05) is 19.9 Å². The smallest absolute Gasteiger partial charge is 0.253 e. The van der Waals surface area contributed by atoms with Crippen molar-refractivity contribution in [3.05, 3.63) is 53.1 Å². The molecule has 0 aromatic heterocycles. The van der Waals surface area contributed by atoms with Crippen molar-refractivity contribution < 1.29 is 14.3 Å². The summed E-state index contributed by atoms with van der Waals surface area (Å²) in [5, 5.41) is 7.04. The zero-order valence-electron chi connectivity index (χ0n) is 17.8. The molecule has 3 aliphatic rings. The third kappa shape index (κ3) is 2.93. The molecule has 0 spiro atoms. The minimum absolute atomic E-state index is 0.0992. The Labute approximate surface area is 177 Å². The molecule has 1 fully saturated rings. The Kier molecular flexibility index (Phi) is 4.62. The maximum Gasteiger partial charge on any atom is 0.253 e. The van der Waals surface area contributed by atoms with Crippen LogP contribution in [0.1, 0.15) is 41.4 Å². The fraction of sp³-hybridized carbons (Fsp3) is 0.458. The van der Waals surface area contributed by atoms with E-state index in [4.69, 9.17) is 9.47 Å². The molecule has 0 radical (unpaired) electrons. The van der Waals surface area contributed by atoms with Crippen LogP contribution in [0.2, 0.25) is 0 Å². The van der Waals surface area contributed by atoms with E-state index >= 15 is 0 Å². The van der Waals surface area contributed by atoms with Gasteiger partial charge in [0.2, 0.25) is 0 Å². The second-order valence-corrected chi connectivity index (χ2v) is 8.94. The fourth-order valence-corrected chi connectivity index (χ4v) is 5.16. The van der Waals surface area contributed by atoms with Crippen molar-refractivity contribution in [2.75, 3.05) is 45.2 Å². The Morgan fingerprint density at radius 2 is 2.00 bits per heavy atom. The molecule has 2 N–H and O–H groups in total. The molecular weight excluding hydrogens is 378 g/mol. The van der Waals surface area contributed by atoms with E-state index in [-0.39, 0.29) is 23.3 Å². The van der Waals surface area contributed by atoms with Crippen molar-refractivity contribution in [1.82, 2.24) is 10.2 Å². The second kappa shape index (κ2) is 7.20. The number of nitrogens with one attached hydrogen (secondary N) is 2. The van der Waals surface area contributed by atoms with Crippen molar-refractivity contribution in [2.24, 2.45) is 5.92 Å². The molecule has 0 saturated carbocycles. The minimum Gasteiger partial charge on any atom is -0.496 e. The van der Waals surface area contributed by atoms with Gasteiger partial charge < -0.3 is 25.0 Å². The Hall–Kier alpha value is -2.73. The van der Waals surface area contributed by atoms with Crippen LogP contribution in [-0.2, 0) is 5.41 Å². The molecule has 6 nitrogen and oxygen atoms in total. The topological polar surface area (TPSA) is 62.8 Å². The summed E-state index contributed by atoms with van der Waals surface area (Å²) in [6.07, 6.45) is 0. The number of nitrogens with zero attached hydrogens (tertiary/aromatic N) is 1. The molecule has 2 atom stereocenters. The predicted octanol–water partition coefficient (Wildman–Crippen LogP) is 3.19. The van der Waals surface area contributed by atoms with Gasteiger partial charge in [0.25, 0.3) is 5.91 Å². The van der Waals surface area contributed by atoms with Gasteiger partial charge in [-0.15, -0.1) is 0 Å². The summed E-state index contributed by atoms with van der Waals surface area (Å²) in [6, 6.07) is 12.2. The molecule has 3 heterocycles. The first-order chi connectivity index (χ1) is 14.5. The molecule has 0 bridgehead atoms. The van der Waals surface area contributed by atoms with Crippen LogP contribution in [0.25, 0.3) is 0 Å². The lowest BCUT2D eigenvalue weighted by Gasteiger charge is -2.48.